The fraction of sp³-hybridized carbons (Fsp3) is 0.278. The summed E-state index contributed by atoms with van der Waals surface area (Å²) in [7, 11) is 0. The summed E-state index contributed by atoms with van der Waals surface area (Å²) in [6, 6.07) is 21.3. The first-order valence-electron chi connectivity index (χ1n) is 6.94. The maximum atomic E-state index is 11.8. The molecule has 2 aliphatic rings. The summed E-state index contributed by atoms with van der Waals surface area (Å²) in [6.45, 7) is 0. The Morgan fingerprint density at radius 1 is 0.895 bits per heavy atom. The third kappa shape index (κ3) is 1.45. The summed E-state index contributed by atoms with van der Waals surface area (Å²) in [5, 5.41) is 0. The number of hydrogen-bond donors (Lipinski definition) is 0. The lowest BCUT2D eigenvalue weighted by molar-refractivity contribution is -0.118. The van der Waals surface area contributed by atoms with Crippen molar-refractivity contribution in [2.75, 3.05) is 0 Å². The number of fused-ring (bicyclic) bond motifs is 1. The molecule has 19 heavy (non-hydrogen) atoms. The fourth-order valence-corrected chi connectivity index (χ4v) is 4.14. The fourth-order valence-electron chi connectivity index (χ4n) is 4.14. The van der Waals surface area contributed by atoms with E-state index in [2.05, 4.69) is 54.6 Å². The molecule has 2 fully saturated rings. The van der Waals surface area contributed by atoms with Crippen LogP contribution in [0.3, 0.4) is 0 Å². The van der Waals surface area contributed by atoms with Crippen molar-refractivity contribution in [1.29, 1.82) is 0 Å². The van der Waals surface area contributed by atoms with Crippen LogP contribution in [-0.4, -0.2) is 5.78 Å². The molecule has 0 saturated heterocycles. The van der Waals surface area contributed by atoms with Crippen molar-refractivity contribution < 1.29 is 4.79 Å². The van der Waals surface area contributed by atoms with Crippen molar-refractivity contribution in [3.63, 3.8) is 0 Å². The second-order valence-electron chi connectivity index (χ2n) is 5.82. The van der Waals surface area contributed by atoms with E-state index in [0.29, 0.717) is 17.6 Å². The summed E-state index contributed by atoms with van der Waals surface area (Å²) >= 11 is 0. The van der Waals surface area contributed by atoms with E-state index in [1.807, 2.05) is 6.07 Å². The van der Waals surface area contributed by atoms with Crippen LogP contribution in [0.1, 0.15) is 29.9 Å². The number of rotatable bonds is 2. The van der Waals surface area contributed by atoms with Gasteiger partial charge in [0.05, 0.1) is 0 Å². The summed E-state index contributed by atoms with van der Waals surface area (Å²) < 4.78 is 0. The predicted octanol–water partition coefficient (Wildman–Crippen LogP) is 3.70. The zero-order valence-electron chi connectivity index (χ0n) is 10.8. The second-order valence-corrected chi connectivity index (χ2v) is 5.82. The minimum Gasteiger partial charge on any atom is -0.300 e. The van der Waals surface area contributed by atoms with E-state index < -0.39 is 0 Å². The van der Waals surface area contributed by atoms with Crippen molar-refractivity contribution in [2.45, 2.75) is 24.2 Å². The van der Waals surface area contributed by atoms with Gasteiger partial charge < -0.3 is 0 Å². The Hall–Kier alpha value is -1.89. The van der Waals surface area contributed by atoms with Crippen molar-refractivity contribution in [3.8, 4) is 0 Å². The van der Waals surface area contributed by atoms with Crippen molar-refractivity contribution in [3.05, 3.63) is 71.8 Å². The topological polar surface area (TPSA) is 17.1 Å². The van der Waals surface area contributed by atoms with Crippen LogP contribution in [0.2, 0.25) is 0 Å². The lowest BCUT2D eigenvalue weighted by atomic mass is 9.88. The standard InChI is InChI=1S/C18H16O/c19-15-11-16-17(13-7-3-1-4-8-13)18(16,12-15)14-9-5-2-6-10-14/h1-10,16-17H,11-12H2. The number of benzene rings is 2. The highest BCUT2D eigenvalue weighted by Crippen LogP contribution is 2.72. The van der Waals surface area contributed by atoms with E-state index in [0.717, 1.165) is 12.8 Å². The molecule has 0 bridgehead atoms. The highest BCUT2D eigenvalue weighted by atomic mass is 16.1. The molecule has 0 N–H and O–H groups in total. The average Bonchev–Trinajstić information content (AvgIpc) is 2.94. The summed E-state index contributed by atoms with van der Waals surface area (Å²) in [6.07, 6.45) is 1.48. The van der Waals surface area contributed by atoms with Crippen molar-refractivity contribution >= 4 is 5.78 Å². The van der Waals surface area contributed by atoms with Gasteiger partial charge in [0.15, 0.2) is 0 Å². The van der Waals surface area contributed by atoms with Gasteiger partial charge in [-0.15, -0.1) is 0 Å². The molecule has 2 aliphatic carbocycles. The molecule has 2 saturated carbocycles. The molecular weight excluding hydrogens is 232 g/mol. The smallest absolute Gasteiger partial charge is 0.134 e. The lowest BCUT2D eigenvalue weighted by Crippen LogP contribution is -2.11. The van der Waals surface area contributed by atoms with Gasteiger partial charge in [-0.25, -0.2) is 0 Å². The van der Waals surface area contributed by atoms with Crippen LogP contribution in [0.5, 0.6) is 0 Å². The quantitative estimate of drug-likeness (QED) is 0.792. The predicted molar refractivity (Wildman–Crippen MR) is 75.0 cm³/mol. The van der Waals surface area contributed by atoms with Crippen LogP contribution in [-0.2, 0) is 10.2 Å². The minimum atomic E-state index is 0.0969. The molecule has 3 unspecified atom stereocenters. The Labute approximate surface area is 113 Å². The Kier molecular flexibility index (Phi) is 2.20. The largest absolute Gasteiger partial charge is 0.300 e. The minimum absolute atomic E-state index is 0.0969. The van der Waals surface area contributed by atoms with Crippen LogP contribution >= 0.6 is 0 Å². The first-order valence-corrected chi connectivity index (χ1v) is 6.94. The first kappa shape index (κ1) is 11.0. The summed E-state index contributed by atoms with van der Waals surface area (Å²) in [5.41, 5.74) is 2.84. The van der Waals surface area contributed by atoms with Gasteiger partial charge >= 0.3 is 0 Å². The Balaban J connectivity index is 1.79. The van der Waals surface area contributed by atoms with E-state index in [1.165, 1.54) is 11.1 Å². The number of hydrogen-bond acceptors (Lipinski definition) is 1. The first-order chi connectivity index (χ1) is 9.32. The molecule has 0 radical (unpaired) electrons. The third-order valence-corrected chi connectivity index (χ3v) is 4.92. The lowest BCUT2D eigenvalue weighted by Gasteiger charge is -2.15. The third-order valence-electron chi connectivity index (χ3n) is 4.92. The molecule has 0 aromatic heterocycles. The van der Waals surface area contributed by atoms with E-state index in [4.69, 9.17) is 0 Å². The van der Waals surface area contributed by atoms with Crippen LogP contribution in [0.25, 0.3) is 0 Å². The van der Waals surface area contributed by atoms with Gasteiger partial charge in [-0.05, 0) is 23.0 Å². The maximum Gasteiger partial charge on any atom is 0.134 e. The van der Waals surface area contributed by atoms with Gasteiger partial charge in [-0.3, -0.25) is 4.79 Å². The molecular formula is C18H16O. The van der Waals surface area contributed by atoms with Crippen LogP contribution < -0.4 is 0 Å². The van der Waals surface area contributed by atoms with E-state index >= 15 is 0 Å². The molecule has 94 valence electrons. The molecule has 1 heteroatoms. The van der Waals surface area contributed by atoms with Crippen molar-refractivity contribution in [1.82, 2.24) is 0 Å². The Morgan fingerprint density at radius 2 is 1.53 bits per heavy atom. The van der Waals surface area contributed by atoms with Crippen LogP contribution in [0.15, 0.2) is 60.7 Å². The Morgan fingerprint density at radius 3 is 2.21 bits per heavy atom. The number of carbonyl (C=O) groups excluding carboxylic acids is 1. The molecule has 2 aromatic carbocycles. The van der Waals surface area contributed by atoms with E-state index in [9.17, 15) is 4.79 Å². The van der Waals surface area contributed by atoms with Gasteiger partial charge in [0.25, 0.3) is 0 Å². The Bertz CT molecular complexity index is 617. The normalized spacial score (nSPS) is 32.1. The van der Waals surface area contributed by atoms with Crippen LogP contribution in [0.4, 0.5) is 0 Å². The van der Waals surface area contributed by atoms with Gasteiger partial charge in [-0.2, -0.15) is 0 Å². The SMILES string of the molecule is O=C1CC2C(c3ccccc3)C2(c2ccccc2)C1. The average molecular weight is 248 g/mol. The zero-order chi connectivity index (χ0) is 12.9. The summed E-state index contributed by atoms with van der Waals surface area (Å²) in [4.78, 5) is 11.8. The molecule has 0 spiro atoms. The second kappa shape index (κ2) is 3.80. The number of ketones is 1. The van der Waals surface area contributed by atoms with Gasteiger partial charge in [-0.1, -0.05) is 60.7 Å². The van der Waals surface area contributed by atoms with Gasteiger partial charge in [0, 0.05) is 18.3 Å². The zero-order valence-corrected chi connectivity index (χ0v) is 10.8. The molecule has 3 atom stereocenters. The van der Waals surface area contributed by atoms with Crippen molar-refractivity contribution in [2.24, 2.45) is 5.92 Å². The molecule has 0 heterocycles. The highest BCUT2D eigenvalue weighted by Gasteiger charge is 2.69. The molecule has 0 aliphatic heterocycles. The molecule has 2 aromatic rings. The molecule has 4 rings (SSSR count). The van der Waals surface area contributed by atoms with Crippen LogP contribution in [0, 0.1) is 5.92 Å². The highest BCUT2D eigenvalue weighted by molar-refractivity contribution is 5.87. The van der Waals surface area contributed by atoms with E-state index in [1.54, 1.807) is 0 Å². The number of Topliss-reactive ketones (excluding diaryl/α,β-unsaturated/α-hetero) is 1. The molecule has 0 amide bonds. The van der Waals surface area contributed by atoms with E-state index in [-0.39, 0.29) is 5.41 Å². The maximum absolute atomic E-state index is 11.8. The van der Waals surface area contributed by atoms with Gasteiger partial charge in [0.1, 0.15) is 5.78 Å². The number of carbonyl (C=O) groups is 1. The van der Waals surface area contributed by atoms with Gasteiger partial charge in [0.2, 0.25) is 0 Å². The molecule has 1 nitrogen and oxygen atoms in total. The monoisotopic (exact) mass is 248 g/mol. The summed E-state index contributed by atoms with van der Waals surface area (Å²) in [5.74, 6) is 1.49.